The molecule has 3 N–H and O–H groups in total. The Kier molecular flexibility index (Phi) is 3.66. The first-order valence-electron chi connectivity index (χ1n) is 5.36. The Morgan fingerprint density at radius 2 is 2.17 bits per heavy atom. The lowest BCUT2D eigenvalue weighted by Crippen LogP contribution is -2.17. The monoisotopic (exact) mass is 240 g/mol. The van der Waals surface area contributed by atoms with Gasteiger partial charge in [0.25, 0.3) is 5.91 Å². The fourth-order valence-electron chi connectivity index (χ4n) is 1.35. The van der Waals surface area contributed by atoms with E-state index >= 15 is 0 Å². The van der Waals surface area contributed by atoms with Gasteiger partial charge in [0.05, 0.1) is 11.9 Å². The molecular weight excluding hydrogens is 228 g/mol. The summed E-state index contributed by atoms with van der Waals surface area (Å²) in [4.78, 5) is 15.7. The number of nitrogen functional groups attached to an aromatic ring is 1. The Morgan fingerprint density at radius 1 is 1.28 bits per heavy atom. The molecule has 0 aliphatic rings. The molecule has 90 valence electrons. The van der Waals surface area contributed by atoms with Gasteiger partial charge in [-0.1, -0.05) is 12.1 Å². The average molecular weight is 240 g/mol. The zero-order chi connectivity index (χ0) is 12.8. The van der Waals surface area contributed by atoms with E-state index in [4.69, 9.17) is 5.73 Å². The van der Waals surface area contributed by atoms with Crippen LogP contribution in [-0.4, -0.2) is 17.1 Å². The summed E-state index contributed by atoms with van der Waals surface area (Å²) in [5, 5.41) is 3.82. The predicted octanol–water partition coefficient (Wildman–Crippen LogP) is 1.43. The largest absolute Gasteiger partial charge is 0.399 e. The number of nitrogens with one attached hydrogen (secondary N) is 1. The molecule has 1 amide bonds. The van der Waals surface area contributed by atoms with Gasteiger partial charge < -0.3 is 5.73 Å². The highest BCUT2D eigenvalue weighted by atomic mass is 16.2. The number of hydrogen-bond donors (Lipinski definition) is 2. The van der Waals surface area contributed by atoms with Gasteiger partial charge in [-0.2, -0.15) is 5.10 Å². The molecule has 0 aliphatic carbocycles. The zero-order valence-corrected chi connectivity index (χ0v) is 9.58. The molecule has 2 rings (SSSR count). The summed E-state index contributed by atoms with van der Waals surface area (Å²) < 4.78 is 0. The molecular formula is C13H12N4O. The van der Waals surface area contributed by atoms with Gasteiger partial charge in [0.1, 0.15) is 0 Å². The number of amides is 1. The average Bonchev–Trinajstić information content (AvgIpc) is 2.40. The Labute approximate surface area is 104 Å². The number of rotatable bonds is 3. The van der Waals surface area contributed by atoms with Crippen molar-refractivity contribution in [1.29, 1.82) is 0 Å². The van der Waals surface area contributed by atoms with Crippen molar-refractivity contribution in [2.45, 2.75) is 0 Å². The number of pyridine rings is 1. The van der Waals surface area contributed by atoms with Crippen LogP contribution in [0.15, 0.2) is 53.8 Å². The molecule has 1 aromatic heterocycles. The van der Waals surface area contributed by atoms with Crippen LogP contribution in [0.5, 0.6) is 0 Å². The van der Waals surface area contributed by atoms with Crippen molar-refractivity contribution < 1.29 is 4.79 Å². The molecule has 0 spiro atoms. The summed E-state index contributed by atoms with van der Waals surface area (Å²) in [6.45, 7) is 0. The highest BCUT2D eigenvalue weighted by molar-refractivity contribution is 5.95. The van der Waals surface area contributed by atoms with Gasteiger partial charge in [0.2, 0.25) is 0 Å². The lowest BCUT2D eigenvalue weighted by atomic mass is 10.2. The highest BCUT2D eigenvalue weighted by Gasteiger charge is 2.03. The number of anilines is 1. The maximum Gasteiger partial charge on any atom is 0.271 e. The molecule has 0 fully saturated rings. The van der Waals surface area contributed by atoms with E-state index in [2.05, 4.69) is 15.5 Å². The Hall–Kier alpha value is -2.69. The van der Waals surface area contributed by atoms with Crippen molar-refractivity contribution in [2.75, 3.05) is 5.73 Å². The summed E-state index contributed by atoms with van der Waals surface area (Å²) in [6.07, 6.45) is 3.13. The number of nitrogens with zero attached hydrogens (tertiary/aromatic N) is 2. The summed E-state index contributed by atoms with van der Waals surface area (Å²) >= 11 is 0. The van der Waals surface area contributed by atoms with E-state index < -0.39 is 0 Å². The van der Waals surface area contributed by atoms with E-state index in [1.54, 1.807) is 36.5 Å². The zero-order valence-electron chi connectivity index (χ0n) is 9.58. The standard InChI is InChI=1S/C13H12N4O/c14-11-5-3-4-10(8-11)13(18)17-16-9-12-6-1-2-7-15-12/h1-9H,14H2,(H,17,18). The Bertz CT molecular complexity index is 566. The van der Waals surface area contributed by atoms with E-state index in [9.17, 15) is 4.79 Å². The van der Waals surface area contributed by atoms with Crippen LogP contribution in [0, 0.1) is 0 Å². The maximum absolute atomic E-state index is 11.7. The van der Waals surface area contributed by atoms with Gasteiger partial charge in [-0.25, -0.2) is 5.43 Å². The third-order valence-electron chi connectivity index (χ3n) is 2.20. The highest BCUT2D eigenvalue weighted by Crippen LogP contribution is 2.05. The van der Waals surface area contributed by atoms with E-state index in [0.717, 1.165) is 0 Å². The Morgan fingerprint density at radius 3 is 2.89 bits per heavy atom. The van der Waals surface area contributed by atoms with Crippen molar-refractivity contribution in [3.63, 3.8) is 0 Å². The second kappa shape index (κ2) is 5.58. The van der Waals surface area contributed by atoms with E-state index in [1.807, 2.05) is 12.1 Å². The first kappa shape index (κ1) is 11.8. The minimum atomic E-state index is -0.311. The lowest BCUT2D eigenvalue weighted by molar-refractivity contribution is 0.0955. The third kappa shape index (κ3) is 3.15. The molecule has 1 heterocycles. The second-order valence-electron chi connectivity index (χ2n) is 3.58. The van der Waals surface area contributed by atoms with Crippen molar-refractivity contribution in [1.82, 2.24) is 10.4 Å². The van der Waals surface area contributed by atoms with Crippen molar-refractivity contribution in [3.8, 4) is 0 Å². The topological polar surface area (TPSA) is 80.4 Å². The normalized spacial score (nSPS) is 10.4. The molecule has 18 heavy (non-hydrogen) atoms. The van der Waals surface area contributed by atoms with Gasteiger partial charge in [-0.3, -0.25) is 9.78 Å². The van der Waals surface area contributed by atoms with Gasteiger partial charge in [-0.15, -0.1) is 0 Å². The van der Waals surface area contributed by atoms with Crippen LogP contribution in [0.1, 0.15) is 16.1 Å². The van der Waals surface area contributed by atoms with Crippen molar-refractivity contribution in [2.24, 2.45) is 5.10 Å². The van der Waals surface area contributed by atoms with Crippen LogP contribution in [0.2, 0.25) is 0 Å². The molecule has 0 unspecified atom stereocenters. The summed E-state index contributed by atoms with van der Waals surface area (Å²) in [5.74, 6) is -0.311. The minimum absolute atomic E-state index is 0.311. The van der Waals surface area contributed by atoms with Crippen LogP contribution in [-0.2, 0) is 0 Å². The van der Waals surface area contributed by atoms with Crippen molar-refractivity contribution in [3.05, 3.63) is 59.9 Å². The fraction of sp³-hybridized carbons (Fsp3) is 0. The second-order valence-corrected chi connectivity index (χ2v) is 3.58. The van der Waals surface area contributed by atoms with E-state index in [0.29, 0.717) is 16.9 Å². The lowest BCUT2D eigenvalue weighted by Gasteiger charge is -2.00. The fourth-order valence-corrected chi connectivity index (χ4v) is 1.35. The van der Waals surface area contributed by atoms with Crippen LogP contribution in [0.25, 0.3) is 0 Å². The molecule has 0 aliphatic heterocycles. The number of hydrogen-bond acceptors (Lipinski definition) is 4. The maximum atomic E-state index is 11.7. The predicted molar refractivity (Wildman–Crippen MR) is 70.2 cm³/mol. The molecule has 0 radical (unpaired) electrons. The number of carbonyl (C=O) groups is 1. The van der Waals surface area contributed by atoms with Crippen LogP contribution < -0.4 is 11.2 Å². The number of carbonyl (C=O) groups excluding carboxylic acids is 1. The molecule has 0 saturated carbocycles. The summed E-state index contributed by atoms with van der Waals surface area (Å²) in [5.41, 5.74) is 9.67. The van der Waals surface area contributed by atoms with Crippen LogP contribution in [0.4, 0.5) is 5.69 Å². The number of hydrazone groups is 1. The SMILES string of the molecule is Nc1cccc(C(=O)NN=Cc2ccccn2)c1. The van der Waals surface area contributed by atoms with E-state index in [-0.39, 0.29) is 5.91 Å². The van der Waals surface area contributed by atoms with Gasteiger partial charge >= 0.3 is 0 Å². The molecule has 0 saturated heterocycles. The number of benzene rings is 1. The molecule has 5 heteroatoms. The van der Waals surface area contributed by atoms with Crippen LogP contribution in [0.3, 0.4) is 0 Å². The van der Waals surface area contributed by atoms with Gasteiger partial charge in [-0.05, 0) is 30.3 Å². The molecule has 0 bridgehead atoms. The summed E-state index contributed by atoms with van der Waals surface area (Å²) in [6, 6.07) is 12.1. The molecule has 0 atom stereocenters. The van der Waals surface area contributed by atoms with E-state index in [1.165, 1.54) is 6.21 Å². The minimum Gasteiger partial charge on any atom is -0.399 e. The molecule has 5 nitrogen and oxygen atoms in total. The molecule has 2 aromatic rings. The van der Waals surface area contributed by atoms with Crippen molar-refractivity contribution >= 4 is 17.8 Å². The first-order valence-corrected chi connectivity index (χ1v) is 5.36. The number of nitrogens with two attached hydrogens (primary N) is 1. The van der Waals surface area contributed by atoms with Gasteiger partial charge in [0.15, 0.2) is 0 Å². The number of aromatic nitrogens is 1. The summed E-state index contributed by atoms with van der Waals surface area (Å²) in [7, 11) is 0. The molecule has 1 aromatic carbocycles. The quantitative estimate of drug-likeness (QED) is 0.484. The first-order chi connectivity index (χ1) is 8.75. The van der Waals surface area contributed by atoms with Gasteiger partial charge in [0, 0.05) is 17.4 Å². The third-order valence-corrected chi connectivity index (χ3v) is 2.20. The Balaban J connectivity index is 1.99. The smallest absolute Gasteiger partial charge is 0.271 e. The van der Waals surface area contributed by atoms with Crippen LogP contribution >= 0.6 is 0 Å².